The Balaban J connectivity index is 1.55. The summed E-state index contributed by atoms with van der Waals surface area (Å²) in [5.74, 6) is 1.80. The van der Waals surface area contributed by atoms with Crippen molar-refractivity contribution in [2.24, 2.45) is 0 Å². The Morgan fingerprint density at radius 2 is 2.12 bits per heavy atom. The van der Waals surface area contributed by atoms with Gasteiger partial charge in [0.05, 0.1) is 17.2 Å². The fourth-order valence-corrected chi connectivity index (χ4v) is 4.16. The van der Waals surface area contributed by atoms with Crippen LogP contribution in [0.15, 0.2) is 54.7 Å². The molecule has 2 aromatic carbocycles. The topological polar surface area (TPSA) is 67.0 Å². The number of aromatic nitrogens is 2. The number of anilines is 1. The number of H-pyrrole nitrogens is 1. The molecule has 2 heterocycles. The minimum Gasteiger partial charge on any atom is -0.489 e. The molecule has 1 atom stereocenters. The molecule has 0 saturated carbocycles. The Labute approximate surface area is 160 Å². The number of ether oxygens (including phenoxy) is 1. The Hall–Kier alpha value is -2.44. The van der Waals surface area contributed by atoms with E-state index in [4.69, 9.17) is 16.3 Å². The van der Waals surface area contributed by atoms with E-state index in [9.17, 15) is 4.79 Å². The van der Waals surface area contributed by atoms with Crippen LogP contribution in [0, 0.1) is 0 Å². The second kappa shape index (κ2) is 7.43. The number of rotatable bonds is 4. The maximum absolute atomic E-state index is 11.9. The summed E-state index contributed by atoms with van der Waals surface area (Å²) in [6, 6.07) is 15.5. The van der Waals surface area contributed by atoms with Crippen LogP contribution >= 0.6 is 23.4 Å². The van der Waals surface area contributed by atoms with E-state index in [1.165, 1.54) is 0 Å². The highest BCUT2D eigenvalue weighted by atomic mass is 35.5. The summed E-state index contributed by atoms with van der Waals surface area (Å²) in [5.41, 5.74) is 3.05. The molecule has 3 aromatic rings. The standard InChI is InChI=1S/C19H16ClN3O2S/c20-14-5-1-3-12(7-14)10-25-15-6-2-4-13(8-15)18-16-9-21-23-19(16)22-17(24)11-26-18/h1-9,18H,10-11H2,(H2,21,22,23,24)/t18-/m0/s1. The SMILES string of the molecule is O=C1CS[C@@H](c2cccc(OCc3cccc(Cl)c3)c2)c2cn[nH]c2N1. The summed E-state index contributed by atoms with van der Waals surface area (Å²) in [7, 11) is 0. The van der Waals surface area contributed by atoms with Crippen LogP contribution in [0.2, 0.25) is 5.02 Å². The zero-order valence-corrected chi connectivity index (χ0v) is 15.3. The maximum atomic E-state index is 11.9. The Bertz CT molecular complexity index is 944. The number of hydrogen-bond donors (Lipinski definition) is 2. The first kappa shape index (κ1) is 17.0. The van der Waals surface area contributed by atoms with Gasteiger partial charge in [0, 0.05) is 10.6 Å². The van der Waals surface area contributed by atoms with Gasteiger partial charge in [0.1, 0.15) is 18.2 Å². The van der Waals surface area contributed by atoms with E-state index in [0.717, 1.165) is 22.4 Å². The molecular weight excluding hydrogens is 370 g/mol. The number of nitrogens with zero attached hydrogens (tertiary/aromatic N) is 1. The van der Waals surface area contributed by atoms with Crippen LogP contribution < -0.4 is 10.1 Å². The quantitative estimate of drug-likeness (QED) is 0.697. The van der Waals surface area contributed by atoms with Gasteiger partial charge in [0.25, 0.3) is 0 Å². The van der Waals surface area contributed by atoms with Crippen molar-refractivity contribution in [3.8, 4) is 5.75 Å². The summed E-state index contributed by atoms with van der Waals surface area (Å²) in [6.07, 6.45) is 1.76. The van der Waals surface area contributed by atoms with E-state index in [2.05, 4.69) is 15.5 Å². The van der Waals surface area contributed by atoms with Crippen LogP contribution in [0.1, 0.15) is 21.9 Å². The predicted molar refractivity (Wildman–Crippen MR) is 104 cm³/mol. The molecule has 1 aliphatic heterocycles. The molecule has 0 aliphatic carbocycles. The first-order valence-electron chi connectivity index (χ1n) is 8.11. The van der Waals surface area contributed by atoms with Crippen LogP contribution in [-0.4, -0.2) is 21.9 Å². The molecule has 0 bridgehead atoms. The van der Waals surface area contributed by atoms with Gasteiger partial charge in [0.2, 0.25) is 5.91 Å². The second-order valence-corrected chi connectivity index (χ2v) is 7.46. The summed E-state index contributed by atoms with van der Waals surface area (Å²) < 4.78 is 5.93. The van der Waals surface area contributed by atoms with Gasteiger partial charge >= 0.3 is 0 Å². The average Bonchev–Trinajstić information content (AvgIpc) is 3.02. The third-order valence-electron chi connectivity index (χ3n) is 4.05. The lowest BCUT2D eigenvalue weighted by Gasteiger charge is -2.15. The average molecular weight is 386 g/mol. The van der Waals surface area contributed by atoms with Crippen molar-refractivity contribution in [2.75, 3.05) is 11.1 Å². The molecule has 4 rings (SSSR count). The largest absolute Gasteiger partial charge is 0.489 e. The number of benzene rings is 2. The summed E-state index contributed by atoms with van der Waals surface area (Å²) >= 11 is 7.59. The molecule has 0 saturated heterocycles. The summed E-state index contributed by atoms with van der Waals surface area (Å²) in [6.45, 7) is 0.443. The third kappa shape index (κ3) is 3.71. The second-order valence-electron chi connectivity index (χ2n) is 5.93. The van der Waals surface area contributed by atoms with Crippen molar-refractivity contribution in [3.63, 3.8) is 0 Å². The molecule has 0 radical (unpaired) electrons. The van der Waals surface area contributed by atoms with Gasteiger partial charge in [0.15, 0.2) is 0 Å². The Morgan fingerprint density at radius 1 is 1.23 bits per heavy atom. The number of thioether (sulfide) groups is 1. The molecule has 7 heteroatoms. The van der Waals surface area contributed by atoms with Crippen molar-refractivity contribution in [1.82, 2.24) is 10.2 Å². The van der Waals surface area contributed by atoms with E-state index in [1.807, 2.05) is 48.5 Å². The highest BCUT2D eigenvalue weighted by Gasteiger charge is 2.25. The molecule has 1 amide bonds. The lowest BCUT2D eigenvalue weighted by Crippen LogP contribution is -2.12. The lowest BCUT2D eigenvalue weighted by molar-refractivity contribution is -0.113. The molecule has 5 nitrogen and oxygen atoms in total. The van der Waals surface area contributed by atoms with E-state index < -0.39 is 0 Å². The van der Waals surface area contributed by atoms with Crippen molar-refractivity contribution in [2.45, 2.75) is 11.9 Å². The summed E-state index contributed by atoms with van der Waals surface area (Å²) in [4.78, 5) is 11.9. The van der Waals surface area contributed by atoms with E-state index in [1.54, 1.807) is 18.0 Å². The molecule has 1 aliphatic rings. The first-order valence-corrected chi connectivity index (χ1v) is 9.53. The number of carbonyl (C=O) groups excluding carboxylic acids is 1. The zero-order chi connectivity index (χ0) is 17.9. The van der Waals surface area contributed by atoms with Crippen LogP contribution in [0.25, 0.3) is 0 Å². The fraction of sp³-hybridized carbons (Fsp3) is 0.158. The van der Waals surface area contributed by atoms with Crippen molar-refractivity contribution in [1.29, 1.82) is 0 Å². The van der Waals surface area contributed by atoms with Crippen LogP contribution in [0.4, 0.5) is 5.82 Å². The highest BCUT2D eigenvalue weighted by Crippen LogP contribution is 2.41. The Kier molecular flexibility index (Phi) is 4.86. The third-order valence-corrected chi connectivity index (χ3v) is 5.58. The Morgan fingerprint density at radius 3 is 3.00 bits per heavy atom. The molecule has 0 spiro atoms. The van der Waals surface area contributed by atoms with Gasteiger partial charge in [-0.25, -0.2) is 0 Å². The highest BCUT2D eigenvalue weighted by molar-refractivity contribution is 8.00. The number of amides is 1. The number of fused-ring (bicyclic) bond motifs is 1. The fourth-order valence-electron chi connectivity index (χ4n) is 2.86. The van der Waals surface area contributed by atoms with E-state index in [0.29, 0.717) is 23.2 Å². The van der Waals surface area contributed by atoms with Gasteiger partial charge in [-0.2, -0.15) is 5.10 Å². The van der Waals surface area contributed by atoms with Gasteiger partial charge in [-0.3, -0.25) is 9.89 Å². The summed E-state index contributed by atoms with van der Waals surface area (Å²) in [5, 5.41) is 10.5. The minimum absolute atomic E-state index is 0.0115. The molecule has 0 fully saturated rings. The van der Waals surface area contributed by atoms with E-state index in [-0.39, 0.29) is 11.2 Å². The maximum Gasteiger partial charge on any atom is 0.235 e. The molecule has 26 heavy (non-hydrogen) atoms. The molecule has 132 valence electrons. The van der Waals surface area contributed by atoms with Crippen molar-refractivity contribution < 1.29 is 9.53 Å². The van der Waals surface area contributed by atoms with Crippen LogP contribution in [0.5, 0.6) is 5.75 Å². The van der Waals surface area contributed by atoms with Crippen LogP contribution in [-0.2, 0) is 11.4 Å². The van der Waals surface area contributed by atoms with Gasteiger partial charge in [-0.15, -0.1) is 11.8 Å². The normalized spacial score (nSPS) is 16.5. The molecule has 2 N–H and O–H groups in total. The molecule has 1 aromatic heterocycles. The van der Waals surface area contributed by atoms with Crippen molar-refractivity contribution in [3.05, 3.63) is 76.4 Å². The van der Waals surface area contributed by atoms with Gasteiger partial charge < -0.3 is 10.1 Å². The number of nitrogens with one attached hydrogen (secondary N) is 2. The minimum atomic E-state index is -0.0311. The first-order chi connectivity index (χ1) is 12.7. The number of hydrogen-bond acceptors (Lipinski definition) is 4. The smallest absolute Gasteiger partial charge is 0.235 e. The van der Waals surface area contributed by atoms with E-state index >= 15 is 0 Å². The monoisotopic (exact) mass is 385 g/mol. The molecule has 0 unspecified atom stereocenters. The van der Waals surface area contributed by atoms with Gasteiger partial charge in [-0.05, 0) is 35.4 Å². The molecular formula is C19H16ClN3O2S. The lowest BCUT2D eigenvalue weighted by atomic mass is 10.1. The number of aromatic amines is 1. The number of halogens is 1. The van der Waals surface area contributed by atoms with Crippen LogP contribution in [0.3, 0.4) is 0 Å². The predicted octanol–water partition coefficient (Wildman–Crippen LogP) is 4.42. The van der Waals surface area contributed by atoms with Gasteiger partial charge in [-0.1, -0.05) is 35.9 Å². The van der Waals surface area contributed by atoms with Crippen molar-refractivity contribution >= 4 is 35.1 Å². The number of carbonyl (C=O) groups is 1. The zero-order valence-electron chi connectivity index (χ0n) is 13.7.